The molecule has 1 N–H and O–H groups in total. The molecule has 1 saturated heterocycles. The second-order valence-electron chi connectivity index (χ2n) is 7.11. The second-order valence-corrected chi connectivity index (χ2v) is 8.27. The van der Waals surface area contributed by atoms with Gasteiger partial charge in [-0.15, -0.1) is 0 Å². The summed E-state index contributed by atoms with van der Waals surface area (Å²) in [5, 5.41) is 2.18. The van der Waals surface area contributed by atoms with E-state index in [1.807, 2.05) is 13.8 Å². The third-order valence-corrected chi connectivity index (χ3v) is 5.54. The van der Waals surface area contributed by atoms with Crippen molar-refractivity contribution < 1.29 is 33.4 Å². The van der Waals surface area contributed by atoms with Gasteiger partial charge >= 0.3 is 12.0 Å². The molecule has 2 aromatic rings. The van der Waals surface area contributed by atoms with Gasteiger partial charge in [0, 0.05) is 0 Å². The lowest BCUT2D eigenvalue weighted by Gasteiger charge is -2.26. The molecule has 1 aliphatic rings. The van der Waals surface area contributed by atoms with E-state index in [1.165, 1.54) is 37.5 Å². The number of ether oxygens (including phenoxy) is 3. The molecule has 9 nitrogen and oxygen atoms in total. The number of carbonyl (C=O) groups is 4. The number of anilines is 1. The van der Waals surface area contributed by atoms with E-state index < -0.39 is 23.8 Å². The highest BCUT2D eigenvalue weighted by atomic mass is 127. The Morgan fingerprint density at radius 3 is 2.41 bits per heavy atom. The molecule has 34 heavy (non-hydrogen) atoms. The standard InChI is InChI=1S/C24H23IN2O7/c1-4-10-34-20-18(25)12-14(13-19(20)33-5-2)11-17-21(28)26-24(31)27(22(17)29)16-8-6-15(7-9-16)23(30)32-3/h6-9,11-13H,4-5,10H2,1-3H3,(H,26,28,31)/b17-11+. The topological polar surface area (TPSA) is 111 Å². The smallest absolute Gasteiger partial charge is 0.337 e. The molecule has 0 saturated carbocycles. The van der Waals surface area contributed by atoms with Gasteiger partial charge in [0.25, 0.3) is 11.8 Å². The van der Waals surface area contributed by atoms with Crippen molar-refractivity contribution in [3.8, 4) is 11.5 Å². The number of hydrogen-bond donors (Lipinski definition) is 1. The molecule has 3 rings (SSSR count). The minimum absolute atomic E-state index is 0.196. The molecule has 10 heteroatoms. The molecule has 4 amide bonds. The number of carbonyl (C=O) groups excluding carboxylic acids is 4. The van der Waals surface area contributed by atoms with Gasteiger partial charge in [0.2, 0.25) is 0 Å². The molecule has 1 aliphatic heterocycles. The first kappa shape index (κ1) is 25.2. The Hall–Kier alpha value is -3.41. The molecule has 0 aromatic heterocycles. The second kappa shape index (κ2) is 11.1. The molecule has 1 fully saturated rings. The number of amides is 4. The lowest BCUT2D eigenvalue weighted by Crippen LogP contribution is -2.54. The van der Waals surface area contributed by atoms with Crippen LogP contribution in [0, 0.1) is 3.57 Å². The highest BCUT2D eigenvalue weighted by Crippen LogP contribution is 2.35. The molecular formula is C24H23IN2O7. The number of nitrogens with one attached hydrogen (secondary N) is 1. The van der Waals surface area contributed by atoms with Gasteiger partial charge in [-0.2, -0.15) is 0 Å². The van der Waals surface area contributed by atoms with Crippen molar-refractivity contribution in [3.63, 3.8) is 0 Å². The summed E-state index contributed by atoms with van der Waals surface area (Å²) in [5.74, 6) is -1.07. The van der Waals surface area contributed by atoms with Gasteiger partial charge in [0.05, 0.1) is 35.1 Å². The van der Waals surface area contributed by atoms with Gasteiger partial charge in [0.15, 0.2) is 11.5 Å². The number of halogens is 1. The zero-order valence-electron chi connectivity index (χ0n) is 18.8. The number of esters is 1. The monoisotopic (exact) mass is 578 g/mol. The predicted octanol–water partition coefficient (Wildman–Crippen LogP) is 3.93. The predicted molar refractivity (Wildman–Crippen MR) is 133 cm³/mol. The van der Waals surface area contributed by atoms with Crippen LogP contribution in [0.1, 0.15) is 36.2 Å². The Morgan fingerprint density at radius 2 is 1.79 bits per heavy atom. The molecule has 0 aliphatic carbocycles. The largest absolute Gasteiger partial charge is 0.490 e. The van der Waals surface area contributed by atoms with Crippen molar-refractivity contribution in [3.05, 3.63) is 56.7 Å². The van der Waals surface area contributed by atoms with Gasteiger partial charge in [-0.3, -0.25) is 14.9 Å². The normalized spacial score (nSPS) is 14.8. The number of benzene rings is 2. The van der Waals surface area contributed by atoms with Crippen molar-refractivity contribution in [2.75, 3.05) is 25.2 Å². The average molecular weight is 578 g/mol. The maximum absolute atomic E-state index is 13.2. The molecule has 0 spiro atoms. The van der Waals surface area contributed by atoms with Gasteiger partial charge in [-0.05, 0) is 84.0 Å². The van der Waals surface area contributed by atoms with Crippen LogP contribution in [-0.2, 0) is 14.3 Å². The zero-order chi connectivity index (χ0) is 24.8. The number of rotatable bonds is 8. The minimum atomic E-state index is -0.883. The highest BCUT2D eigenvalue weighted by Gasteiger charge is 2.37. The summed E-state index contributed by atoms with van der Waals surface area (Å²) < 4.78 is 16.9. The van der Waals surface area contributed by atoms with Gasteiger partial charge in [0.1, 0.15) is 5.57 Å². The van der Waals surface area contributed by atoms with Gasteiger partial charge in [-0.1, -0.05) is 6.92 Å². The zero-order valence-corrected chi connectivity index (χ0v) is 21.0. The van der Waals surface area contributed by atoms with Gasteiger partial charge in [-0.25, -0.2) is 14.5 Å². The van der Waals surface area contributed by atoms with Crippen LogP contribution in [-0.4, -0.2) is 44.1 Å². The van der Waals surface area contributed by atoms with E-state index in [4.69, 9.17) is 9.47 Å². The summed E-state index contributed by atoms with van der Waals surface area (Å²) in [6.45, 7) is 4.76. The maximum atomic E-state index is 13.2. The Balaban J connectivity index is 1.98. The first-order valence-electron chi connectivity index (χ1n) is 10.5. The Morgan fingerprint density at radius 1 is 1.09 bits per heavy atom. The SMILES string of the molecule is CCCOc1c(I)cc(/C=C2\C(=O)NC(=O)N(c3ccc(C(=O)OC)cc3)C2=O)cc1OCC. The number of imide groups is 2. The molecule has 178 valence electrons. The number of hydrogen-bond acceptors (Lipinski definition) is 7. The number of urea groups is 1. The summed E-state index contributed by atoms with van der Waals surface area (Å²) in [6, 6.07) is 8.25. The molecule has 0 unspecified atom stereocenters. The Labute approximate surface area is 210 Å². The maximum Gasteiger partial charge on any atom is 0.337 e. The summed E-state index contributed by atoms with van der Waals surface area (Å²) in [5.41, 5.74) is 0.760. The lowest BCUT2D eigenvalue weighted by molar-refractivity contribution is -0.122. The number of barbiturate groups is 1. The van der Waals surface area contributed by atoms with Crippen molar-refractivity contribution in [1.29, 1.82) is 0 Å². The third-order valence-electron chi connectivity index (χ3n) is 4.74. The third kappa shape index (κ3) is 5.38. The van der Waals surface area contributed by atoms with Crippen molar-refractivity contribution in [2.24, 2.45) is 0 Å². The minimum Gasteiger partial charge on any atom is -0.490 e. The van der Waals surface area contributed by atoms with Crippen LogP contribution in [0.2, 0.25) is 0 Å². The van der Waals surface area contributed by atoms with Crippen LogP contribution >= 0.6 is 22.6 Å². The molecule has 0 atom stereocenters. The molecule has 2 aromatic carbocycles. The Bertz CT molecular complexity index is 1160. The number of nitrogens with zero attached hydrogens (tertiary/aromatic N) is 1. The summed E-state index contributed by atoms with van der Waals surface area (Å²) in [7, 11) is 1.25. The fourth-order valence-electron chi connectivity index (χ4n) is 3.20. The van der Waals surface area contributed by atoms with Crippen LogP contribution in [0.3, 0.4) is 0 Å². The van der Waals surface area contributed by atoms with Crippen LogP contribution in [0.15, 0.2) is 42.0 Å². The van der Waals surface area contributed by atoms with Crippen LogP contribution in [0.5, 0.6) is 11.5 Å². The van der Waals surface area contributed by atoms with Crippen LogP contribution in [0.25, 0.3) is 6.08 Å². The van der Waals surface area contributed by atoms with E-state index in [0.29, 0.717) is 30.3 Å². The van der Waals surface area contributed by atoms with E-state index in [-0.39, 0.29) is 16.8 Å². The van der Waals surface area contributed by atoms with Crippen LogP contribution < -0.4 is 19.7 Å². The summed E-state index contributed by atoms with van der Waals surface area (Å²) in [6.07, 6.45) is 2.22. The first-order chi connectivity index (χ1) is 16.3. The molecule has 0 radical (unpaired) electrons. The van der Waals surface area contributed by atoms with E-state index >= 15 is 0 Å². The molecule has 0 bridgehead atoms. The fraction of sp³-hybridized carbons (Fsp3) is 0.250. The summed E-state index contributed by atoms with van der Waals surface area (Å²) in [4.78, 5) is 50.6. The first-order valence-corrected chi connectivity index (χ1v) is 11.6. The van der Waals surface area contributed by atoms with Crippen molar-refractivity contribution in [2.45, 2.75) is 20.3 Å². The van der Waals surface area contributed by atoms with E-state index in [2.05, 4.69) is 32.6 Å². The van der Waals surface area contributed by atoms with Crippen molar-refractivity contribution >= 4 is 58.2 Å². The Kier molecular flexibility index (Phi) is 8.26. The summed E-state index contributed by atoms with van der Waals surface area (Å²) >= 11 is 2.10. The van der Waals surface area contributed by atoms with E-state index in [1.54, 1.807) is 12.1 Å². The van der Waals surface area contributed by atoms with E-state index in [0.717, 1.165) is 14.9 Å². The quantitative estimate of drug-likeness (QED) is 0.219. The highest BCUT2D eigenvalue weighted by molar-refractivity contribution is 14.1. The molecular weight excluding hydrogens is 555 g/mol. The fourth-order valence-corrected chi connectivity index (χ4v) is 3.98. The van der Waals surface area contributed by atoms with Gasteiger partial charge < -0.3 is 14.2 Å². The van der Waals surface area contributed by atoms with Crippen molar-refractivity contribution in [1.82, 2.24) is 5.32 Å². The average Bonchev–Trinajstić information content (AvgIpc) is 2.81. The van der Waals surface area contributed by atoms with E-state index in [9.17, 15) is 19.2 Å². The van der Waals surface area contributed by atoms with Crippen LogP contribution in [0.4, 0.5) is 10.5 Å². The molecule has 1 heterocycles. The lowest BCUT2D eigenvalue weighted by atomic mass is 10.1. The number of methoxy groups -OCH3 is 1.